The molecular formula is C13H14Cl2N2O4. The van der Waals surface area contributed by atoms with Crippen LogP contribution in [-0.2, 0) is 4.79 Å². The summed E-state index contributed by atoms with van der Waals surface area (Å²) in [6, 6.07) is 2.13. The van der Waals surface area contributed by atoms with E-state index in [4.69, 9.17) is 27.9 Å². The Balaban J connectivity index is 2.83. The molecule has 0 aromatic heterocycles. The maximum absolute atomic E-state index is 11.8. The fourth-order valence-corrected chi connectivity index (χ4v) is 1.99. The van der Waals surface area contributed by atoms with E-state index in [1.807, 2.05) is 0 Å². The molecule has 0 saturated carbocycles. The third-order valence-corrected chi connectivity index (χ3v) is 2.90. The van der Waals surface area contributed by atoms with Crippen LogP contribution in [0, 0.1) is 0 Å². The van der Waals surface area contributed by atoms with Gasteiger partial charge >= 0.3 is 6.03 Å². The molecule has 0 bridgehead atoms. The number of ether oxygens (including phenoxy) is 1. The zero-order valence-corrected chi connectivity index (χ0v) is 12.9. The number of rotatable bonds is 5. The summed E-state index contributed by atoms with van der Waals surface area (Å²) >= 11 is 11.7. The Morgan fingerprint density at radius 3 is 2.62 bits per heavy atom. The predicted molar refractivity (Wildman–Crippen MR) is 79.2 cm³/mol. The van der Waals surface area contributed by atoms with Crippen LogP contribution in [0.25, 0.3) is 0 Å². The lowest BCUT2D eigenvalue weighted by Gasteiger charge is -2.16. The van der Waals surface area contributed by atoms with Crippen LogP contribution in [0.3, 0.4) is 0 Å². The molecule has 1 unspecified atom stereocenters. The van der Waals surface area contributed by atoms with Gasteiger partial charge in [-0.05, 0) is 26.0 Å². The lowest BCUT2D eigenvalue weighted by atomic mass is 10.2. The standard InChI is InChI=1S/C13H14Cl2N2O4/c1-3-16-13(20)17-12(19)7(2)21-11-8(6-18)4-9(14)5-10(11)15/h4-7H,3H2,1-2H3,(H2,16,17,19,20). The van der Waals surface area contributed by atoms with Crippen LogP contribution >= 0.6 is 23.2 Å². The summed E-state index contributed by atoms with van der Waals surface area (Å²) in [5.74, 6) is -0.626. The topological polar surface area (TPSA) is 84.5 Å². The molecule has 0 aliphatic heterocycles. The van der Waals surface area contributed by atoms with Gasteiger partial charge in [-0.1, -0.05) is 23.2 Å². The Bertz CT molecular complexity index is 563. The highest BCUT2D eigenvalue weighted by Crippen LogP contribution is 2.32. The molecular weight excluding hydrogens is 319 g/mol. The average Bonchev–Trinajstić information content (AvgIpc) is 2.41. The molecule has 2 N–H and O–H groups in total. The molecule has 0 aliphatic carbocycles. The van der Waals surface area contributed by atoms with Gasteiger partial charge in [0, 0.05) is 11.6 Å². The number of benzene rings is 1. The molecule has 1 aromatic carbocycles. The fourth-order valence-electron chi connectivity index (χ4n) is 1.44. The zero-order valence-electron chi connectivity index (χ0n) is 11.4. The van der Waals surface area contributed by atoms with E-state index >= 15 is 0 Å². The van der Waals surface area contributed by atoms with Crippen molar-refractivity contribution in [1.29, 1.82) is 0 Å². The summed E-state index contributed by atoms with van der Waals surface area (Å²) in [5.41, 5.74) is 0.116. The molecule has 0 fully saturated rings. The monoisotopic (exact) mass is 332 g/mol. The van der Waals surface area contributed by atoms with Crippen molar-refractivity contribution in [3.8, 4) is 5.75 Å². The second-order valence-electron chi connectivity index (χ2n) is 4.03. The van der Waals surface area contributed by atoms with Gasteiger partial charge in [0.2, 0.25) is 0 Å². The van der Waals surface area contributed by atoms with Crippen molar-refractivity contribution in [2.45, 2.75) is 20.0 Å². The molecule has 114 valence electrons. The summed E-state index contributed by atoms with van der Waals surface area (Å²) < 4.78 is 5.35. The quantitative estimate of drug-likeness (QED) is 0.811. The van der Waals surface area contributed by atoms with Gasteiger partial charge in [0.1, 0.15) is 5.75 Å². The van der Waals surface area contributed by atoms with Crippen molar-refractivity contribution in [2.75, 3.05) is 6.54 Å². The number of carbonyl (C=O) groups is 3. The number of amides is 3. The first-order valence-corrected chi connectivity index (χ1v) is 6.84. The molecule has 0 radical (unpaired) electrons. The van der Waals surface area contributed by atoms with E-state index in [-0.39, 0.29) is 21.4 Å². The Morgan fingerprint density at radius 1 is 1.38 bits per heavy atom. The minimum atomic E-state index is -1.02. The molecule has 8 heteroatoms. The number of carbonyl (C=O) groups excluding carboxylic acids is 3. The van der Waals surface area contributed by atoms with Crippen LogP contribution in [0.4, 0.5) is 4.79 Å². The van der Waals surface area contributed by atoms with Crippen LogP contribution in [0.2, 0.25) is 10.0 Å². The van der Waals surface area contributed by atoms with Gasteiger partial charge in [-0.15, -0.1) is 0 Å². The van der Waals surface area contributed by atoms with Crippen LogP contribution in [0.1, 0.15) is 24.2 Å². The van der Waals surface area contributed by atoms with Crippen molar-refractivity contribution >= 4 is 41.4 Å². The van der Waals surface area contributed by atoms with E-state index in [1.165, 1.54) is 19.1 Å². The number of imide groups is 1. The SMILES string of the molecule is CCNC(=O)NC(=O)C(C)Oc1c(Cl)cc(Cl)cc1C=O. The minimum absolute atomic E-state index is 0.0367. The van der Waals surface area contributed by atoms with E-state index in [1.54, 1.807) is 6.92 Å². The molecule has 0 heterocycles. The Kier molecular flexibility index (Phi) is 6.45. The lowest BCUT2D eigenvalue weighted by molar-refractivity contribution is -0.126. The molecule has 21 heavy (non-hydrogen) atoms. The molecule has 6 nitrogen and oxygen atoms in total. The highest BCUT2D eigenvalue weighted by atomic mass is 35.5. The summed E-state index contributed by atoms with van der Waals surface area (Å²) in [6.07, 6.45) is -0.508. The van der Waals surface area contributed by atoms with Crippen LogP contribution < -0.4 is 15.4 Å². The molecule has 0 aliphatic rings. The number of halogens is 2. The summed E-state index contributed by atoms with van der Waals surface area (Å²) in [7, 11) is 0. The maximum Gasteiger partial charge on any atom is 0.321 e. The molecule has 1 aromatic rings. The molecule has 1 rings (SSSR count). The second kappa shape index (κ2) is 7.85. The largest absolute Gasteiger partial charge is 0.479 e. The van der Waals surface area contributed by atoms with Crippen molar-refractivity contribution in [1.82, 2.24) is 10.6 Å². The van der Waals surface area contributed by atoms with Gasteiger partial charge in [0.25, 0.3) is 5.91 Å². The van der Waals surface area contributed by atoms with Gasteiger partial charge in [0.05, 0.1) is 10.6 Å². The molecule has 0 spiro atoms. The third-order valence-electron chi connectivity index (χ3n) is 2.40. The fraction of sp³-hybridized carbons (Fsp3) is 0.308. The van der Waals surface area contributed by atoms with Gasteiger partial charge < -0.3 is 10.1 Å². The summed E-state index contributed by atoms with van der Waals surface area (Å²) in [4.78, 5) is 34.0. The minimum Gasteiger partial charge on any atom is -0.479 e. The van der Waals surface area contributed by atoms with E-state index in [0.29, 0.717) is 12.8 Å². The maximum atomic E-state index is 11.8. The molecule has 3 amide bonds. The first-order chi connectivity index (χ1) is 9.88. The first kappa shape index (κ1) is 17.3. The van der Waals surface area contributed by atoms with E-state index < -0.39 is 18.0 Å². The number of hydrogen-bond acceptors (Lipinski definition) is 4. The van der Waals surface area contributed by atoms with Gasteiger partial charge in [0.15, 0.2) is 12.4 Å². The number of aldehydes is 1. The third kappa shape index (κ3) is 4.91. The van der Waals surface area contributed by atoms with Crippen LogP contribution in [0.15, 0.2) is 12.1 Å². The smallest absolute Gasteiger partial charge is 0.321 e. The number of hydrogen-bond donors (Lipinski definition) is 2. The average molecular weight is 333 g/mol. The number of urea groups is 1. The van der Waals surface area contributed by atoms with Crippen molar-refractivity contribution in [3.05, 3.63) is 27.7 Å². The van der Waals surface area contributed by atoms with E-state index in [0.717, 1.165) is 0 Å². The second-order valence-corrected chi connectivity index (χ2v) is 4.88. The van der Waals surface area contributed by atoms with Gasteiger partial charge in [-0.2, -0.15) is 0 Å². The van der Waals surface area contributed by atoms with E-state index in [2.05, 4.69) is 10.6 Å². The summed E-state index contributed by atoms with van der Waals surface area (Å²) in [6.45, 7) is 3.52. The lowest BCUT2D eigenvalue weighted by Crippen LogP contribution is -2.45. The normalized spacial score (nSPS) is 11.4. The van der Waals surface area contributed by atoms with Gasteiger partial charge in [-0.3, -0.25) is 14.9 Å². The van der Waals surface area contributed by atoms with Crippen molar-refractivity contribution in [3.63, 3.8) is 0 Å². The van der Waals surface area contributed by atoms with Crippen LogP contribution in [-0.4, -0.2) is 30.9 Å². The first-order valence-electron chi connectivity index (χ1n) is 6.08. The Labute approximate surface area is 131 Å². The molecule has 0 saturated heterocycles. The highest BCUT2D eigenvalue weighted by molar-refractivity contribution is 6.36. The van der Waals surface area contributed by atoms with Gasteiger partial charge in [-0.25, -0.2) is 4.79 Å². The Morgan fingerprint density at radius 2 is 2.05 bits per heavy atom. The van der Waals surface area contributed by atoms with Crippen LogP contribution in [0.5, 0.6) is 5.75 Å². The predicted octanol–water partition coefficient (Wildman–Crippen LogP) is 2.42. The molecule has 1 atom stereocenters. The van der Waals surface area contributed by atoms with Crippen molar-refractivity contribution in [2.24, 2.45) is 0 Å². The van der Waals surface area contributed by atoms with Crippen molar-refractivity contribution < 1.29 is 19.1 Å². The number of nitrogens with one attached hydrogen (secondary N) is 2. The zero-order chi connectivity index (χ0) is 16.0. The van der Waals surface area contributed by atoms with E-state index in [9.17, 15) is 14.4 Å². The Hall–Kier alpha value is -1.79. The highest BCUT2D eigenvalue weighted by Gasteiger charge is 2.20. The summed E-state index contributed by atoms with van der Waals surface area (Å²) in [5, 5.41) is 4.88.